The van der Waals surface area contributed by atoms with Gasteiger partial charge in [0.05, 0.1) is 6.42 Å². The van der Waals surface area contributed by atoms with Gasteiger partial charge in [-0.2, -0.15) is 0 Å². The molecule has 0 radical (unpaired) electrons. The van der Waals surface area contributed by atoms with Gasteiger partial charge in [-0.05, 0) is 32.1 Å². The molecule has 1 aliphatic heterocycles. The number of likely N-dealkylation sites (tertiary alicyclic amines) is 1. The Morgan fingerprint density at radius 3 is 2.10 bits per heavy atom. The van der Waals surface area contributed by atoms with Gasteiger partial charge in [-0.15, -0.1) is 0 Å². The highest BCUT2D eigenvalue weighted by atomic mass is 16.4. The first-order valence-electron chi connectivity index (χ1n) is 7.52. The van der Waals surface area contributed by atoms with Crippen molar-refractivity contribution in [3.8, 4) is 0 Å². The standard InChI is InChI=1S/C15H28N2O3/c1-5-15(6-2)7-9-17(10-8-15)13(20)16-14(3,4)11-12(18)19/h5-11H2,1-4H3,(H,16,20)(H,18,19). The first kappa shape index (κ1) is 16.8. The van der Waals surface area contributed by atoms with Gasteiger partial charge in [0.1, 0.15) is 0 Å². The number of piperidine rings is 1. The summed E-state index contributed by atoms with van der Waals surface area (Å²) < 4.78 is 0. The molecule has 0 atom stereocenters. The zero-order valence-corrected chi connectivity index (χ0v) is 13.2. The quantitative estimate of drug-likeness (QED) is 0.815. The topological polar surface area (TPSA) is 69.6 Å². The summed E-state index contributed by atoms with van der Waals surface area (Å²) >= 11 is 0. The Hall–Kier alpha value is -1.26. The highest BCUT2D eigenvalue weighted by molar-refractivity contribution is 5.76. The zero-order chi connectivity index (χ0) is 15.4. The monoisotopic (exact) mass is 284 g/mol. The Kier molecular flexibility index (Phi) is 5.42. The SMILES string of the molecule is CCC1(CC)CCN(C(=O)NC(C)(C)CC(=O)O)CC1. The van der Waals surface area contributed by atoms with Crippen LogP contribution in [0.25, 0.3) is 0 Å². The Balaban J connectivity index is 2.53. The van der Waals surface area contributed by atoms with Crippen molar-refractivity contribution in [2.24, 2.45) is 5.41 Å². The number of urea groups is 1. The summed E-state index contributed by atoms with van der Waals surface area (Å²) in [5.74, 6) is -0.898. The Labute approximate surface area is 121 Å². The van der Waals surface area contributed by atoms with Crippen molar-refractivity contribution in [1.29, 1.82) is 0 Å². The third-order valence-electron chi connectivity index (χ3n) is 4.65. The number of hydrogen-bond acceptors (Lipinski definition) is 2. The van der Waals surface area contributed by atoms with Crippen molar-refractivity contribution in [2.75, 3.05) is 13.1 Å². The van der Waals surface area contributed by atoms with E-state index in [0.29, 0.717) is 5.41 Å². The number of rotatable bonds is 5. The van der Waals surface area contributed by atoms with E-state index in [1.165, 1.54) is 0 Å². The van der Waals surface area contributed by atoms with Gasteiger partial charge < -0.3 is 15.3 Å². The van der Waals surface area contributed by atoms with Crippen molar-refractivity contribution in [1.82, 2.24) is 10.2 Å². The van der Waals surface area contributed by atoms with Crippen molar-refractivity contribution >= 4 is 12.0 Å². The van der Waals surface area contributed by atoms with Gasteiger partial charge >= 0.3 is 12.0 Å². The molecule has 1 rings (SSSR count). The van der Waals surface area contributed by atoms with Gasteiger partial charge in [0.2, 0.25) is 0 Å². The van der Waals surface area contributed by atoms with Crippen LogP contribution in [0.3, 0.4) is 0 Å². The summed E-state index contributed by atoms with van der Waals surface area (Å²) in [6, 6.07) is -0.142. The number of carboxylic acids is 1. The lowest BCUT2D eigenvalue weighted by atomic mass is 9.74. The van der Waals surface area contributed by atoms with Crippen LogP contribution in [0.5, 0.6) is 0 Å². The lowest BCUT2D eigenvalue weighted by molar-refractivity contribution is -0.138. The van der Waals surface area contributed by atoms with Gasteiger partial charge in [-0.3, -0.25) is 4.79 Å². The van der Waals surface area contributed by atoms with E-state index >= 15 is 0 Å². The lowest BCUT2D eigenvalue weighted by Crippen LogP contribution is -2.53. The molecule has 0 aromatic rings. The number of hydrogen-bond donors (Lipinski definition) is 2. The first-order valence-corrected chi connectivity index (χ1v) is 7.52. The fraction of sp³-hybridized carbons (Fsp3) is 0.867. The minimum atomic E-state index is -0.898. The molecule has 0 saturated carbocycles. The number of carbonyl (C=O) groups excluding carboxylic acids is 1. The molecule has 0 aromatic carbocycles. The highest BCUT2D eigenvalue weighted by Gasteiger charge is 2.34. The van der Waals surface area contributed by atoms with Gasteiger partial charge in [0.25, 0.3) is 0 Å². The second-order valence-corrected chi connectivity index (χ2v) is 6.58. The molecular weight excluding hydrogens is 256 g/mol. The van der Waals surface area contributed by atoms with Crippen molar-refractivity contribution in [2.45, 2.75) is 65.3 Å². The summed E-state index contributed by atoms with van der Waals surface area (Å²) in [7, 11) is 0. The highest BCUT2D eigenvalue weighted by Crippen LogP contribution is 2.37. The van der Waals surface area contributed by atoms with E-state index in [1.54, 1.807) is 13.8 Å². The molecule has 20 heavy (non-hydrogen) atoms. The van der Waals surface area contributed by atoms with Crippen LogP contribution in [0.4, 0.5) is 4.79 Å². The van der Waals surface area contributed by atoms with Crippen LogP contribution in [0, 0.1) is 5.41 Å². The second-order valence-electron chi connectivity index (χ2n) is 6.58. The Morgan fingerprint density at radius 1 is 1.20 bits per heavy atom. The van der Waals surface area contributed by atoms with Crippen LogP contribution in [-0.2, 0) is 4.79 Å². The number of carbonyl (C=O) groups is 2. The minimum absolute atomic E-state index is 0.0690. The molecule has 116 valence electrons. The van der Waals surface area contributed by atoms with Crippen LogP contribution < -0.4 is 5.32 Å². The van der Waals surface area contributed by atoms with Crippen molar-refractivity contribution in [3.05, 3.63) is 0 Å². The number of nitrogens with one attached hydrogen (secondary N) is 1. The van der Waals surface area contributed by atoms with Gasteiger partial charge in [-0.1, -0.05) is 26.7 Å². The Morgan fingerprint density at radius 2 is 1.70 bits per heavy atom. The summed E-state index contributed by atoms with van der Waals surface area (Å²) in [5, 5.41) is 11.7. The maximum Gasteiger partial charge on any atom is 0.317 e. The van der Waals surface area contributed by atoms with Crippen LogP contribution in [-0.4, -0.2) is 40.6 Å². The molecule has 1 aliphatic rings. The number of aliphatic carboxylic acids is 1. The molecule has 1 saturated heterocycles. The molecule has 5 nitrogen and oxygen atoms in total. The van der Waals surface area contributed by atoms with E-state index in [9.17, 15) is 9.59 Å². The zero-order valence-electron chi connectivity index (χ0n) is 13.2. The van der Waals surface area contributed by atoms with E-state index in [0.717, 1.165) is 38.8 Å². The third-order valence-corrected chi connectivity index (χ3v) is 4.65. The number of nitrogens with zero attached hydrogens (tertiary/aromatic N) is 1. The molecule has 0 unspecified atom stereocenters. The van der Waals surface area contributed by atoms with E-state index in [1.807, 2.05) is 4.90 Å². The smallest absolute Gasteiger partial charge is 0.317 e. The predicted octanol–water partition coefficient (Wildman–Crippen LogP) is 2.85. The third kappa shape index (κ3) is 4.39. The predicted molar refractivity (Wildman–Crippen MR) is 78.7 cm³/mol. The average Bonchev–Trinajstić information content (AvgIpc) is 2.36. The van der Waals surface area contributed by atoms with E-state index in [2.05, 4.69) is 19.2 Å². The largest absolute Gasteiger partial charge is 0.481 e. The van der Waals surface area contributed by atoms with Crippen LogP contribution in [0.2, 0.25) is 0 Å². The van der Waals surface area contributed by atoms with Crippen LogP contribution in [0.1, 0.15) is 59.8 Å². The van der Waals surface area contributed by atoms with Crippen LogP contribution in [0.15, 0.2) is 0 Å². The fourth-order valence-corrected chi connectivity index (χ4v) is 2.93. The van der Waals surface area contributed by atoms with Gasteiger partial charge in [-0.25, -0.2) is 4.79 Å². The minimum Gasteiger partial charge on any atom is -0.481 e. The fourth-order valence-electron chi connectivity index (χ4n) is 2.93. The molecule has 2 amide bonds. The summed E-state index contributed by atoms with van der Waals surface area (Å²) in [6.45, 7) is 9.44. The summed E-state index contributed by atoms with van der Waals surface area (Å²) in [5.41, 5.74) is -0.333. The molecular formula is C15H28N2O3. The molecule has 5 heteroatoms. The molecule has 0 aromatic heterocycles. The Bertz CT molecular complexity index is 352. The first-order chi connectivity index (χ1) is 9.23. The van der Waals surface area contributed by atoms with E-state index in [4.69, 9.17) is 5.11 Å². The molecule has 1 heterocycles. The van der Waals surface area contributed by atoms with Crippen LogP contribution >= 0.6 is 0 Å². The molecule has 0 bridgehead atoms. The lowest BCUT2D eigenvalue weighted by Gasteiger charge is -2.41. The number of carboxylic acid groups (broad SMARTS) is 1. The van der Waals surface area contributed by atoms with Crippen molar-refractivity contribution < 1.29 is 14.7 Å². The van der Waals surface area contributed by atoms with Gasteiger partial charge in [0.15, 0.2) is 0 Å². The number of amides is 2. The maximum absolute atomic E-state index is 12.2. The molecule has 1 fully saturated rings. The molecule has 0 aliphatic carbocycles. The second kappa shape index (κ2) is 6.46. The normalized spacial score (nSPS) is 18.7. The summed E-state index contributed by atoms with van der Waals surface area (Å²) in [6.07, 6.45) is 4.31. The average molecular weight is 284 g/mol. The van der Waals surface area contributed by atoms with E-state index in [-0.39, 0.29) is 12.5 Å². The molecule has 2 N–H and O–H groups in total. The maximum atomic E-state index is 12.2. The molecule has 0 spiro atoms. The van der Waals surface area contributed by atoms with Gasteiger partial charge in [0, 0.05) is 18.6 Å². The van der Waals surface area contributed by atoms with Crippen molar-refractivity contribution in [3.63, 3.8) is 0 Å². The summed E-state index contributed by atoms with van der Waals surface area (Å²) in [4.78, 5) is 24.8. The van der Waals surface area contributed by atoms with E-state index < -0.39 is 11.5 Å².